The van der Waals surface area contributed by atoms with Gasteiger partial charge < -0.3 is 19.2 Å². The smallest absolute Gasteiger partial charge is 0.387 e. The van der Waals surface area contributed by atoms with Gasteiger partial charge in [-0.05, 0) is 32.9 Å². The van der Waals surface area contributed by atoms with E-state index in [9.17, 15) is 13.0 Å². The van der Waals surface area contributed by atoms with Gasteiger partial charge in [0.05, 0.1) is 48.7 Å². The molecule has 1 N–H and O–H groups in total. The minimum absolute atomic E-state index is 0.0480. The molecule has 0 bridgehead atoms. The van der Waals surface area contributed by atoms with E-state index < -0.39 is 17.4 Å². The fourth-order valence-corrected chi connectivity index (χ4v) is 3.52. The van der Waals surface area contributed by atoms with Crippen LogP contribution in [0.15, 0.2) is 35.6 Å². The zero-order valence-electron chi connectivity index (χ0n) is 18.9. The van der Waals surface area contributed by atoms with Crippen LogP contribution < -0.4 is 14.2 Å². The van der Waals surface area contributed by atoms with Crippen LogP contribution in [0.2, 0.25) is 0 Å². The molecule has 156 valence electrons. The Morgan fingerprint density at radius 1 is 1.34 bits per heavy atom. The molecular formula is C19H21F2N3O4S. The number of rotatable bonds is 9. The van der Waals surface area contributed by atoms with Gasteiger partial charge in [-0.2, -0.15) is 8.78 Å². The van der Waals surface area contributed by atoms with Gasteiger partial charge in [-0.3, -0.25) is 9.19 Å². The molecule has 0 saturated heterocycles. The van der Waals surface area contributed by atoms with Crippen LogP contribution in [0.25, 0.3) is 11.0 Å². The van der Waals surface area contributed by atoms with Crippen LogP contribution in [0.3, 0.4) is 0 Å². The number of ether oxygens (including phenoxy) is 3. The zero-order chi connectivity index (χ0) is 23.6. The summed E-state index contributed by atoms with van der Waals surface area (Å²) in [6.45, 7) is 1.41. The number of H-pyrrole nitrogens is 1. The average Bonchev–Trinajstić information content (AvgIpc) is 3.10. The highest BCUT2D eigenvalue weighted by Crippen LogP contribution is 2.32. The molecule has 29 heavy (non-hydrogen) atoms. The van der Waals surface area contributed by atoms with Crippen LogP contribution in [0, 0.1) is 0 Å². The molecule has 3 rings (SSSR count). The molecular weight excluding hydrogens is 404 g/mol. The number of pyridine rings is 1. The molecule has 0 fully saturated rings. The van der Waals surface area contributed by atoms with Crippen LogP contribution in [-0.2, 0) is 16.6 Å². The van der Waals surface area contributed by atoms with Crippen LogP contribution in [0.5, 0.6) is 17.2 Å². The van der Waals surface area contributed by atoms with Gasteiger partial charge in [0.2, 0.25) is 0 Å². The standard InChI is InChI=1S/C19H21F2N3O4S/c1-4-26-17-15(22-8-7-16(17)27-11(2)3)10-29(25)19-23-13-6-5-12(28-18(20)21)9-14(13)24-19/h5-9,11,18H,4,10H2,1-3H3,(H,23,24)/i7D,8D,18D. The predicted molar refractivity (Wildman–Crippen MR) is 104 cm³/mol. The number of nitrogens with one attached hydrogen (secondary N) is 1. The van der Waals surface area contributed by atoms with Gasteiger partial charge in [-0.1, -0.05) is 0 Å². The Morgan fingerprint density at radius 2 is 2.14 bits per heavy atom. The SMILES string of the molecule is [2H]c1nc(CS(=O)c2nc3ccc(OC([2H])(F)F)cc3[nH]2)c(OCC)c(OC(C)C)c1[2H]. The van der Waals surface area contributed by atoms with Gasteiger partial charge in [0.15, 0.2) is 18.0 Å². The van der Waals surface area contributed by atoms with Gasteiger partial charge >= 0.3 is 6.59 Å². The van der Waals surface area contributed by atoms with Crippen molar-refractivity contribution in [3.05, 3.63) is 36.1 Å². The number of nitrogens with zero attached hydrogens (tertiary/aromatic N) is 2. The molecule has 1 atom stereocenters. The summed E-state index contributed by atoms with van der Waals surface area (Å²) >= 11 is 0. The van der Waals surface area contributed by atoms with Crippen LogP contribution in [-0.4, -0.2) is 38.5 Å². The topological polar surface area (TPSA) is 86.3 Å². The first-order chi connectivity index (χ1) is 15.0. The summed E-state index contributed by atoms with van der Waals surface area (Å²) in [6, 6.07) is 3.60. The highest BCUT2D eigenvalue weighted by atomic mass is 32.2. The van der Waals surface area contributed by atoms with E-state index in [2.05, 4.69) is 19.7 Å². The fraction of sp³-hybridized carbons (Fsp3) is 0.368. The average molecular weight is 428 g/mol. The molecule has 0 amide bonds. The van der Waals surface area contributed by atoms with Gasteiger partial charge in [-0.25, -0.2) is 4.98 Å². The van der Waals surface area contributed by atoms with Crippen molar-refractivity contribution in [2.24, 2.45) is 0 Å². The monoisotopic (exact) mass is 428 g/mol. The summed E-state index contributed by atoms with van der Waals surface area (Å²) in [5, 5.41) is 0.0480. The molecule has 0 aliphatic rings. The predicted octanol–water partition coefficient (Wildman–Crippen LogP) is 4.05. The van der Waals surface area contributed by atoms with Gasteiger partial charge in [0.25, 0.3) is 0 Å². The number of hydrogen-bond acceptors (Lipinski definition) is 6. The van der Waals surface area contributed by atoms with Crippen molar-refractivity contribution in [2.45, 2.75) is 44.4 Å². The van der Waals surface area contributed by atoms with Gasteiger partial charge in [0.1, 0.15) is 5.75 Å². The van der Waals surface area contributed by atoms with Crippen molar-refractivity contribution >= 4 is 21.8 Å². The van der Waals surface area contributed by atoms with Crippen molar-refractivity contribution in [1.29, 1.82) is 0 Å². The highest BCUT2D eigenvalue weighted by molar-refractivity contribution is 7.84. The van der Waals surface area contributed by atoms with E-state index >= 15 is 0 Å². The lowest BCUT2D eigenvalue weighted by molar-refractivity contribution is -0.0497. The van der Waals surface area contributed by atoms with Crippen molar-refractivity contribution in [2.75, 3.05) is 6.61 Å². The summed E-state index contributed by atoms with van der Waals surface area (Å²) in [5.41, 5.74) is 0.818. The second-order valence-electron chi connectivity index (χ2n) is 6.09. The number of aromatic amines is 1. The Labute approximate surface area is 173 Å². The normalized spacial score (nSPS) is 14.3. The maximum absolute atomic E-state index is 13.0. The number of alkyl halides is 2. The second kappa shape index (κ2) is 9.17. The molecule has 7 nitrogen and oxygen atoms in total. The van der Waals surface area contributed by atoms with E-state index in [-0.39, 0.29) is 58.8 Å². The van der Waals surface area contributed by atoms with E-state index in [1.54, 1.807) is 20.8 Å². The van der Waals surface area contributed by atoms with Crippen LogP contribution >= 0.6 is 0 Å². The maximum atomic E-state index is 13.0. The lowest BCUT2D eigenvalue weighted by Gasteiger charge is -2.16. The summed E-state index contributed by atoms with van der Waals surface area (Å²) in [4.78, 5) is 11.0. The maximum Gasteiger partial charge on any atom is 0.387 e. The van der Waals surface area contributed by atoms with Gasteiger partial charge in [0, 0.05) is 18.3 Å². The number of benzene rings is 1. The summed E-state index contributed by atoms with van der Waals surface area (Å²) < 4.78 is 76.6. The molecule has 0 aliphatic carbocycles. The minimum Gasteiger partial charge on any atom is -0.488 e. The Bertz CT molecular complexity index is 1160. The third-order valence-electron chi connectivity index (χ3n) is 3.58. The number of hydrogen-bond donors (Lipinski definition) is 1. The van der Waals surface area contributed by atoms with E-state index in [4.69, 9.17) is 13.6 Å². The van der Waals surface area contributed by atoms with E-state index in [0.29, 0.717) is 11.0 Å². The molecule has 1 aromatic carbocycles. The quantitative estimate of drug-likeness (QED) is 0.553. The van der Waals surface area contributed by atoms with Crippen molar-refractivity contribution < 1.29 is 31.3 Å². The highest BCUT2D eigenvalue weighted by Gasteiger charge is 2.19. The number of imidazole rings is 1. The number of halogens is 2. The zero-order valence-corrected chi connectivity index (χ0v) is 16.7. The Morgan fingerprint density at radius 3 is 2.83 bits per heavy atom. The molecule has 0 spiro atoms. The number of fused-ring (bicyclic) bond motifs is 1. The van der Waals surface area contributed by atoms with Crippen molar-refractivity contribution in [3.63, 3.8) is 0 Å². The summed E-state index contributed by atoms with van der Waals surface area (Å²) in [7, 11) is -1.78. The van der Waals surface area contributed by atoms with Crippen molar-refractivity contribution in [3.8, 4) is 17.2 Å². The second-order valence-corrected chi connectivity index (χ2v) is 7.46. The largest absolute Gasteiger partial charge is 0.488 e. The Hall–Kier alpha value is -2.75. The molecule has 3 aromatic rings. The molecule has 1 unspecified atom stereocenters. The van der Waals surface area contributed by atoms with Crippen LogP contribution in [0.1, 0.15) is 30.6 Å². The first-order valence-electron chi connectivity index (χ1n) is 10.2. The molecule has 2 heterocycles. The Balaban J connectivity index is 1.94. The van der Waals surface area contributed by atoms with Crippen LogP contribution in [0.4, 0.5) is 8.78 Å². The lowest BCUT2D eigenvalue weighted by atomic mass is 10.3. The lowest BCUT2D eigenvalue weighted by Crippen LogP contribution is -2.10. The molecule has 0 radical (unpaired) electrons. The van der Waals surface area contributed by atoms with E-state index in [1.165, 1.54) is 18.2 Å². The summed E-state index contributed by atoms with van der Waals surface area (Å²) in [6.07, 6.45) is -0.639. The molecule has 2 aromatic heterocycles. The fourth-order valence-electron chi connectivity index (χ4n) is 2.51. The molecule has 10 heteroatoms. The summed E-state index contributed by atoms with van der Waals surface area (Å²) in [5.74, 6) is -0.250. The molecule has 0 saturated carbocycles. The minimum atomic E-state index is -4.09. The third kappa shape index (κ3) is 5.20. The van der Waals surface area contributed by atoms with Gasteiger partial charge in [-0.15, -0.1) is 0 Å². The van der Waals surface area contributed by atoms with Crippen molar-refractivity contribution in [1.82, 2.24) is 15.0 Å². The molecule has 0 aliphatic heterocycles. The number of aromatic nitrogens is 3. The first kappa shape index (κ1) is 17.1. The van der Waals surface area contributed by atoms with E-state index in [0.717, 1.165) is 0 Å². The first-order valence-corrected chi connectivity index (χ1v) is 10.0. The van der Waals surface area contributed by atoms with E-state index in [1.807, 2.05) is 0 Å². The third-order valence-corrected chi connectivity index (χ3v) is 4.74. The Kier molecular flexibility index (Phi) is 5.42.